The molecule has 1 aliphatic heterocycles. The summed E-state index contributed by atoms with van der Waals surface area (Å²) in [5, 5.41) is 11.1. The third-order valence-corrected chi connectivity index (χ3v) is 7.78. The van der Waals surface area contributed by atoms with E-state index in [1.54, 1.807) is 23.1 Å². The van der Waals surface area contributed by atoms with Gasteiger partial charge in [-0.3, -0.25) is 4.79 Å². The molecule has 0 radical (unpaired) electrons. The predicted octanol–water partition coefficient (Wildman–Crippen LogP) is 3.61. The summed E-state index contributed by atoms with van der Waals surface area (Å²) in [5.41, 5.74) is 1.31. The van der Waals surface area contributed by atoms with E-state index in [9.17, 15) is 13.2 Å². The van der Waals surface area contributed by atoms with Gasteiger partial charge in [-0.25, -0.2) is 13.1 Å². The maximum absolute atomic E-state index is 13.0. The van der Waals surface area contributed by atoms with E-state index in [0.717, 1.165) is 0 Å². The highest BCUT2D eigenvalue weighted by Crippen LogP contribution is 2.31. The van der Waals surface area contributed by atoms with Crippen molar-refractivity contribution in [2.75, 3.05) is 18.4 Å². The van der Waals surface area contributed by atoms with E-state index in [2.05, 4.69) is 15.6 Å². The number of hydrogen-bond acceptors (Lipinski definition) is 5. The Kier molecular flexibility index (Phi) is 6.29. The van der Waals surface area contributed by atoms with Gasteiger partial charge in [0.25, 0.3) is 0 Å². The van der Waals surface area contributed by atoms with Gasteiger partial charge in [0.1, 0.15) is 4.90 Å². The van der Waals surface area contributed by atoms with Crippen LogP contribution in [0.4, 0.5) is 5.69 Å². The number of aromatic nitrogens is 3. The van der Waals surface area contributed by atoms with E-state index in [1.807, 2.05) is 18.2 Å². The highest BCUT2D eigenvalue weighted by molar-refractivity contribution is 7.89. The van der Waals surface area contributed by atoms with Crippen LogP contribution in [0.2, 0.25) is 10.0 Å². The first-order valence-electron chi connectivity index (χ1n) is 9.58. The highest BCUT2D eigenvalue weighted by Gasteiger charge is 2.33. The molecule has 1 fully saturated rings. The van der Waals surface area contributed by atoms with Crippen molar-refractivity contribution in [2.24, 2.45) is 5.92 Å². The summed E-state index contributed by atoms with van der Waals surface area (Å²) in [6, 6.07) is 11.6. The quantitative estimate of drug-likeness (QED) is 0.602. The number of nitrogens with one attached hydrogen (secondary N) is 1. The van der Waals surface area contributed by atoms with E-state index in [1.165, 1.54) is 22.5 Å². The van der Waals surface area contributed by atoms with E-state index in [4.69, 9.17) is 23.2 Å². The lowest BCUT2D eigenvalue weighted by molar-refractivity contribution is -0.120. The molecule has 162 valence electrons. The molecule has 4 rings (SSSR count). The monoisotopic (exact) mass is 479 g/mol. The maximum Gasteiger partial charge on any atom is 0.244 e. The average molecular weight is 480 g/mol. The molecule has 11 heteroatoms. The largest absolute Gasteiger partial charge is 0.324 e. The standard InChI is InChI=1S/C20H19Cl2N5O3S/c21-15-5-6-16(22)19(13-15)31(29,30)26-10-7-14(8-11-26)20(28)24-17-3-1-2-4-18(17)27-12-9-23-25-27/h1-6,9,12-14H,7-8,10-11H2,(H,24,28). The Morgan fingerprint density at radius 2 is 1.84 bits per heavy atom. The van der Waals surface area contributed by atoms with Crippen LogP contribution in [-0.2, 0) is 14.8 Å². The summed E-state index contributed by atoms with van der Waals surface area (Å²) in [6.45, 7) is 0.433. The van der Waals surface area contributed by atoms with Gasteiger partial charge in [-0.2, -0.15) is 4.31 Å². The first-order chi connectivity index (χ1) is 14.9. The predicted molar refractivity (Wildman–Crippen MR) is 118 cm³/mol. The molecule has 1 aromatic heterocycles. The van der Waals surface area contributed by atoms with Crippen molar-refractivity contribution in [3.63, 3.8) is 0 Å². The van der Waals surface area contributed by atoms with E-state index in [-0.39, 0.29) is 34.8 Å². The van der Waals surface area contributed by atoms with Crippen molar-refractivity contribution < 1.29 is 13.2 Å². The zero-order chi connectivity index (χ0) is 22.0. The molecule has 31 heavy (non-hydrogen) atoms. The van der Waals surface area contributed by atoms with Crippen LogP contribution in [0, 0.1) is 5.92 Å². The van der Waals surface area contributed by atoms with Gasteiger partial charge in [0.05, 0.1) is 28.8 Å². The van der Waals surface area contributed by atoms with Crippen LogP contribution in [0.25, 0.3) is 5.69 Å². The second-order valence-corrected chi connectivity index (χ2v) is 9.86. The molecule has 0 unspecified atom stereocenters. The van der Waals surface area contributed by atoms with Gasteiger partial charge in [-0.05, 0) is 43.2 Å². The number of nitrogens with zero attached hydrogens (tertiary/aromatic N) is 4. The smallest absolute Gasteiger partial charge is 0.244 e. The Hall–Kier alpha value is -2.46. The van der Waals surface area contributed by atoms with Gasteiger partial charge in [0.2, 0.25) is 15.9 Å². The third kappa shape index (κ3) is 4.59. The number of carbonyl (C=O) groups is 1. The Balaban J connectivity index is 1.44. The summed E-state index contributed by atoms with van der Waals surface area (Å²) < 4.78 is 28.9. The molecule has 0 atom stereocenters. The number of benzene rings is 2. The van der Waals surface area contributed by atoms with Crippen molar-refractivity contribution in [2.45, 2.75) is 17.7 Å². The minimum absolute atomic E-state index is 0.0219. The number of rotatable bonds is 5. The van der Waals surface area contributed by atoms with Crippen molar-refractivity contribution in [1.29, 1.82) is 0 Å². The summed E-state index contributed by atoms with van der Waals surface area (Å²) in [6.07, 6.45) is 4.04. The lowest BCUT2D eigenvalue weighted by atomic mass is 9.97. The van der Waals surface area contributed by atoms with Gasteiger partial charge in [0.15, 0.2) is 0 Å². The number of anilines is 1. The second kappa shape index (κ2) is 8.96. The average Bonchev–Trinajstić information content (AvgIpc) is 3.30. The lowest BCUT2D eigenvalue weighted by Gasteiger charge is -2.31. The molecule has 1 saturated heterocycles. The second-order valence-electron chi connectivity index (χ2n) is 7.11. The van der Waals surface area contributed by atoms with Crippen molar-refractivity contribution >= 4 is 44.8 Å². The van der Waals surface area contributed by atoms with Crippen LogP contribution in [-0.4, -0.2) is 46.7 Å². The number of amides is 1. The number of piperidine rings is 1. The Bertz CT molecular complexity index is 1190. The molecule has 0 spiro atoms. The molecule has 0 aliphatic carbocycles. The summed E-state index contributed by atoms with van der Waals surface area (Å²) in [4.78, 5) is 12.8. The zero-order valence-corrected chi connectivity index (χ0v) is 18.6. The van der Waals surface area contributed by atoms with Crippen molar-refractivity contribution in [3.8, 4) is 5.69 Å². The molecule has 1 amide bonds. The van der Waals surface area contributed by atoms with Crippen LogP contribution in [0.5, 0.6) is 0 Å². The summed E-state index contributed by atoms with van der Waals surface area (Å²) in [5.74, 6) is -0.476. The molecule has 1 aliphatic rings. The highest BCUT2D eigenvalue weighted by atomic mass is 35.5. The first-order valence-corrected chi connectivity index (χ1v) is 11.8. The van der Waals surface area contributed by atoms with Crippen LogP contribution in [0.3, 0.4) is 0 Å². The topological polar surface area (TPSA) is 97.2 Å². The van der Waals surface area contributed by atoms with E-state index < -0.39 is 10.0 Å². The molecular weight excluding hydrogens is 461 g/mol. The fraction of sp³-hybridized carbons (Fsp3) is 0.250. The van der Waals surface area contributed by atoms with Crippen LogP contribution in [0.15, 0.2) is 59.8 Å². The minimum atomic E-state index is -3.79. The molecule has 1 N–H and O–H groups in total. The first kappa shape index (κ1) is 21.8. The Morgan fingerprint density at radius 3 is 2.55 bits per heavy atom. The molecule has 3 aromatic rings. The van der Waals surface area contributed by atoms with Crippen LogP contribution in [0.1, 0.15) is 12.8 Å². The zero-order valence-electron chi connectivity index (χ0n) is 16.3. The Labute approximate surface area is 189 Å². The van der Waals surface area contributed by atoms with Crippen molar-refractivity contribution in [1.82, 2.24) is 19.3 Å². The van der Waals surface area contributed by atoms with Crippen LogP contribution >= 0.6 is 23.2 Å². The number of carbonyl (C=O) groups excluding carboxylic acids is 1. The van der Waals surface area contributed by atoms with Crippen LogP contribution < -0.4 is 5.32 Å². The van der Waals surface area contributed by atoms with E-state index in [0.29, 0.717) is 29.2 Å². The van der Waals surface area contributed by atoms with Gasteiger partial charge >= 0.3 is 0 Å². The molecule has 0 saturated carbocycles. The van der Waals surface area contributed by atoms with Gasteiger partial charge in [0, 0.05) is 24.0 Å². The molecule has 8 nitrogen and oxygen atoms in total. The normalized spacial score (nSPS) is 15.7. The Morgan fingerprint density at radius 1 is 1.10 bits per heavy atom. The molecule has 0 bridgehead atoms. The number of halogens is 2. The number of hydrogen-bond donors (Lipinski definition) is 1. The molecule has 2 aromatic carbocycles. The third-order valence-electron chi connectivity index (χ3n) is 5.17. The van der Waals surface area contributed by atoms with Gasteiger partial charge < -0.3 is 5.32 Å². The lowest BCUT2D eigenvalue weighted by Crippen LogP contribution is -2.41. The molecular formula is C20H19Cl2N5O3S. The summed E-state index contributed by atoms with van der Waals surface area (Å²) in [7, 11) is -3.79. The maximum atomic E-state index is 13.0. The molecule has 2 heterocycles. The van der Waals surface area contributed by atoms with Gasteiger partial charge in [-0.15, -0.1) is 5.10 Å². The minimum Gasteiger partial charge on any atom is -0.324 e. The van der Waals surface area contributed by atoms with Gasteiger partial charge in [-0.1, -0.05) is 40.5 Å². The van der Waals surface area contributed by atoms with Crippen molar-refractivity contribution in [3.05, 3.63) is 64.9 Å². The summed E-state index contributed by atoms with van der Waals surface area (Å²) >= 11 is 12.0. The SMILES string of the molecule is O=C(Nc1ccccc1-n1ccnn1)C1CCN(S(=O)(=O)c2cc(Cl)ccc2Cl)CC1. The van der Waals surface area contributed by atoms with E-state index >= 15 is 0 Å². The number of para-hydroxylation sites is 2. The number of sulfonamides is 1. The fourth-order valence-electron chi connectivity index (χ4n) is 3.52. The fourth-order valence-corrected chi connectivity index (χ4v) is 5.73.